The molecule has 0 saturated carbocycles. The second-order valence-corrected chi connectivity index (χ2v) is 6.94. The molecule has 144 valence electrons. The van der Waals surface area contributed by atoms with E-state index in [-0.39, 0.29) is 19.1 Å². The minimum absolute atomic E-state index is 0.0748. The van der Waals surface area contributed by atoms with Gasteiger partial charge in [0.25, 0.3) is 5.91 Å². The van der Waals surface area contributed by atoms with Gasteiger partial charge >= 0.3 is 5.97 Å². The van der Waals surface area contributed by atoms with Crippen molar-refractivity contribution >= 4 is 11.9 Å². The highest BCUT2D eigenvalue weighted by atomic mass is 16.5. The summed E-state index contributed by atoms with van der Waals surface area (Å²) >= 11 is 0. The first-order valence-corrected chi connectivity index (χ1v) is 8.85. The van der Waals surface area contributed by atoms with E-state index >= 15 is 0 Å². The second kappa shape index (κ2) is 9.43. The number of benzene rings is 1. The number of nitrogens with one attached hydrogen (secondary N) is 1. The van der Waals surface area contributed by atoms with Crippen molar-refractivity contribution in [2.45, 2.75) is 26.7 Å². The number of carbonyl (C=O) groups is 2. The molecular weight excluding hydrogens is 338 g/mol. The van der Waals surface area contributed by atoms with E-state index < -0.39 is 11.4 Å². The van der Waals surface area contributed by atoms with Crippen molar-refractivity contribution < 1.29 is 28.9 Å². The second-order valence-electron chi connectivity index (χ2n) is 6.94. The van der Waals surface area contributed by atoms with Gasteiger partial charge in [0.1, 0.15) is 11.5 Å². The zero-order chi connectivity index (χ0) is 19.0. The van der Waals surface area contributed by atoms with Crippen LogP contribution in [-0.2, 0) is 14.3 Å². The molecule has 2 N–H and O–H groups in total. The van der Waals surface area contributed by atoms with Crippen LogP contribution in [0.3, 0.4) is 0 Å². The van der Waals surface area contributed by atoms with Crippen molar-refractivity contribution in [1.82, 2.24) is 5.32 Å². The van der Waals surface area contributed by atoms with E-state index in [1.807, 2.05) is 6.07 Å². The molecule has 0 radical (unpaired) electrons. The van der Waals surface area contributed by atoms with Gasteiger partial charge < -0.3 is 24.6 Å². The largest absolute Gasteiger partial charge is 0.493 e. The molecule has 1 saturated heterocycles. The SMILES string of the molecule is CC(C)COc1cccc(OCC(=O)NCC2(C(=O)O)CCOCC2)c1. The summed E-state index contributed by atoms with van der Waals surface area (Å²) in [6, 6.07) is 7.10. The highest BCUT2D eigenvalue weighted by molar-refractivity contribution is 5.80. The monoisotopic (exact) mass is 365 g/mol. The Balaban J connectivity index is 1.81. The predicted octanol–water partition coefficient (Wildman–Crippen LogP) is 2.10. The molecule has 1 aromatic rings. The van der Waals surface area contributed by atoms with Crippen LogP contribution < -0.4 is 14.8 Å². The third-order valence-corrected chi connectivity index (χ3v) is 4.29. The van der Waals surface area contributed by atoms with E-state index in [0.717, 1.165) is 0 Å². The first-order valence-electron chi connectivity index (χ1n) is 8.85. The Labute approximate surface area is 153 Å². The Kier molecular flexibility index (Phi) is 7.26. The van der Waals surface area contributed by atoms with Crippen LogP contribution in [0.15, 0.2) is 24.3 Å². The van der Waals surface area contributed by atoms with Gasteiger partial charge in [-0.15, -0.1) is 0 Å². The van der Waals surface area contributed by atoms with Crippen LogP contribution in [0.25, 0.3) is 0 Å². The molecule has 1 aliphatic rings. The summed E-state index contributed by atoms with van der Waals surface area (Å²) in [5.74, 6) is 0.365. The van der Waals surface area contributed by atoms with Gasteiger partial charge in [0, 0.05) is 25.8 Å². The standard InChI is InChI=1S/C19H27NO6/c1-14(2)11-25-15-4-3-5-16(10-15)26-12-17(21)20-13-19(18(22)23)6-8-24-9-7-19/h3-5,10,14H,6-9,11-13H2,1-2H3,(H,20,21)(H,22,23). The molecule has 1 fully saturated rings. The molecule has 0 aromatic heterocycles. The van der Waals surface area contributed by atoms with Crippen LogP contribution >= 0.6 is 0 Å². The lowest BCUT2D eigenvalue weighted by atomic mass is 9.80. The summed E-state index contributed by atoms with van der Waals surface area (Å²) in [7, 11) is 0. The molecule has 1 amide bonds. The Bertz CT molecular complexity index is 610. The van der Waals surface area contributed by atoms with Gasteiger partial charge in [0.15, 0.2) is 6.61 Å². The Morgan fingerprint density at radius 3 is 2.50 bits per heavy atom. The molecule has 26 heavy (non-hydrogen) atoms. The molecule has 1 aliphatic heterocycles. The number of hydrogen-bond acceptors (Lipinski definition) is 5. The maximum Gasteiger partial charge on any atom is 0.311 e. The molecule has 7 nitrogen and oxygen atoms in total. The average molecular weight is 365 g/mol. The Morgan fingerprint density at radius 1 is 1.23 bits per heavy atom. The minimum atomic E-state index is -0.960. The number of carbonyl (C=O) groups excluding carboxylic acids is 1. The van der Waals surface area contributed by atoms with Crippen molar-refractivity contribution in [2.24, 2.45) is 11.3 Å². The van der Waals surface area contributed by atoms with Crippen LogP contribution in [0.1, 0.15) is 26.7 Å². The molecular formula is C19H27NO6. The molecule has 7 heteroatoms. The number of carboxylic acid groups (broad SMARTS) is 1. The number of ether oxygens (including phenoxy) is 3. The van der Waals surface area contributed by atoms with Gasteiger partial charge in [0.05, 0.1) is 12.0 Å². The van der Waals surface area contributed by atoms with Crippen LogP contribution in [0, 0.1) is 11.3 Å². The number of carboxylic acids is 1. The maximum absolute atomic E-state index is 12.0. The molecule has 1 heterocycles. The van der Waals surface area contributed by atoms with E-state index in [4.69, 9.17) is 14.2 Å². The first kappa shape index (κ1) is 20.0. The topological polar surface area (TPSA) is 94.1 Å². The summed E-state index contributed by atoms with van der Waals surface area (Å²) < 4.78 is 16.3. The van der Waals surface area contributed by atoms with Gasteiger partial charge in [-0.2, -0.15) is 0 Å². The Morgan fingerprint density at radius 2 is 1.88 bits per heavy atom. The summed E-state index contributed by atoms with van der Waals surface area (Å²) in [5.41, 5.74) is -0.960. The molecule has 0 unspecified atom stereocenters. The zero-order valence-corrected chi connectivity index (χ0v) is 15.3. The minimum Gasteiger partial charge on any atom is -0.493 e. The van der Waals surface area contributed by atoms with Gasteiger partial charge in [-0.05, 0) is 30.9 Å². The lowest BCUT2D eigenvalue weighted by Gasteiger charge is -2.33. The third-order valence-electron chi connectivity index (χ3n) is 4.29. The number of rotatable bonds is 9. The fourth-order valence-corrected chi connectivity index (χ4v) is 2.61. The first-order chi connectivity index (χ1) is 12.4. The highest BCUT2D eigenvalue weighted by Crippen LogP contribution is 2.30. The van der Waals surface area contributed by atoms with E-state index in [1.54, 1.807) is 18.2 Å². The van der Waals surface area contributed by atoms with Crippen molar-refractivity contribution in [3.8, 4) is 11.5 Å². The van der Waals surface area contributed by atoms with Crippen molar-refractivity contribution in [1.29, 1.82) is 0 Å². The molecule has 0 bridgehead atoms. The summed E-state index contributed by atoms with van der Waals surface area (Å²) in [6.45, 7) is 5.40. The normalized spacial score (nSPS) is 16.1. The van der Waals surface area contributed by atoms with E-state index in [2.05, 4.69) is 19.2 Å². The van der Waals surface area contributed by atoms with Gasteiger partial charge in [-0.25, -0.2) is 0 Å². The lowest BCUT2D eigenvalue weighted by Crippen LogP contribution is -2.47. The smallest absolute Gasteiger partial charge is 0.311 e. The van der Waals surface area contributed by atoms with Crippen LogP contribution in [-0.4, -0.2) is 50.0 Å². The van der Waals surface area contributed by atoms with Crippen LogP contribution in [0.4, 0.5) is 0 Å². The molecule has 1 aromatic carbocycles. The fourth-order valence-electron chi connectivity index (χ4n) is 2.61. The predicted molar refractivity (Wildman–Crippen MR) is 95.4 cm³/mol. The quantitative estimate of drug-likeness (QED) is 0.696. The number of hydrogen-bond donors (Lipinski definition) is 2. The van der Waals surface area contributed by atoms with Crippen molar-refractivity contribution in [3.63, 3.8) is 0 Å². The summed E-state index contributed by atoms with van der Waals surface area (Å²) in [4.78, 5) is 23.6. The van der Waals surface area contributed by atoms with Crippen LogP contribution in [0.2, 0.25) is 0 Å². The highest BCUT2D eigenvalue weighted by Gasteiger charge is 2.40. The number of amides is 1. The van der Waals surface area contributed by atoms with Gasteiger partial charge in [-0.3, -0.25) is 9.59 Å². The van der Waals surface area contributed by atoms with E-state index in [9.17, 15) is 14.7 Å². The van der Waals surface area contributed by atoms with Gasteiger partial charge in [-0.1, -0.05) is 19.9 Å². The molecule has 0 aliphatic carbocycles. The lowest BCUT2D eigenvalue weighted by molar-refractivity contribution is -0.154. The van der Waals surface area contributed by atoms with E-state index in [1.165, 1.54) is 0 Å². The molecule has 2 rings (SSSR count). The molecule has 0 spiro atoms. The number of aliphatic carboxylic acids is 1. The zero-order valence-electron chi connectivity index (χ0n) is 15.3. The third kappa shape index (κ3) is 5.91. The van der Waals surface area contributed by atoms with Crippen LogP contribution in [0.5, 0.6) is 11.5 Å². The van der Waals surface area contributed by atoms with Crippen molar-refractivity contribution in [3.05, 3.63) is 24.3 Å². The van der Waals surface area contributed by atoms with E-state index in [0.29, 0.717) is 50.1 Å². The fraction of sp³-hybridized carbons (Fsp3) is 0.579. The van der Waals surface area contributed by atoms with Gasteiger partial charge in [0.2, 0.25) is 0 Å². The Hall–Kier alpha value is -2.28. The summed E-state index contributed by atoms with van der Waals surface area (Å²) in [5, 5.41) is 12.1. The maximum atomic E-state index is 12.0. The average Bonchev–Trinajstić information content (AvgIpc) is 2.64. The molecule has 0 atom stereocenters. The van der Waals surface area contributed by atoms with Crippen molar-refractivity contribution in [2.75, 3.05) is 33.0 Å². The summed E-state index contributed by atoms with van der Waals surface area (Å²) in [6.07, 6.45) is 0.775.